The van der Waals surface area contributed by atoms with Crippen LogP contribution in [-0.2, 0) is 25.9 Å². The van der Waals surface area contributed by atoms with Gasteiger partial charge in [0.05, 0.1) is 5.69 Å². The molecule has 0 aliphatic carbocycles. The van der Waals surface area contributed by atoms with Crippen molar-refractivity contribution in [2.45, 2.75) is 46.2 Å². The lowest BCUT2D eigenvalue weighted by atomic mass is 10.1. The number of hydrogen-bond acceptors (Lipinski definition) is 3. The van der Waals surface area contributed by atoms with Crippen molar-refractivity contribution in [1.29, 1.82) is 0 Å². The van der Waals surface area contributed by atoms with Crippen molar-refractivity contribution in [3.05, 3.63) is 46.8 Å². The van der Waals surface area contributed by atoms with E-state index in [2.05, 4.69) is 43.4 Å². The third-order valence-corrected chi connectivity index (χ3v) is 3.88. The molecular weight excluding hydrogens is 246 g/mol. The maximum Gasteiger partial charge on any atom is 0.159 e. The van der Waals surface area contributed by atoms with Crippen molar-refractivity contribution < 1.29 is 0 Å². The molecule has 0 bridgehead atoms. The van der Waals surface area contributed by atoms with E-state index in [0.717, 1.165) is 43.7 Å². The smallest absolute Gasteiger partial charge is 0.159 e. The van der Waals surface area contributed by atoms with Crippen LogP contribution < -0.4 is 5.32 Å². The summed E-state index contributed by atoms with van der Waals surface area (Å²) in [6.07, 6.45) is 3.22. The Hall–Kier alpha value is -1.74. The summed E-state index contributed by atoms with van der Waals surface area (Å²) >= 11 is 0. The van der Waals surface area contributed by atoms with Crippen LogP contribution in [-0.4, -0.2) is 9.97 Å². The van der Waals surface area contributed by atoms with Crippen LogP contribution in [0.5, 0.6) is 0 Å². The number of benzene rings is 1. The molecule has 104 valence electrons. The highest BCUT2D eigenvalue weighted by Crippen LogP contribution is 2.23. The van der Waals surface area contributed by atoms with E-state index in [0.29, 0.717) is 0 Å². The van der Waals surface area contributed by atoms with Crippen molar-refractivity contribution in [3.8, 4) is 11.4 Å². The predicted octanol–water partition coefficient (Wildman–Crippen LogP) is 3.26. The lowest BCUT2D eigenvalue weighted by molar-refractivity contribution is 0.753. The molecule has 2 heterocycles. The van der Waals surface area contributed by atoms with Crippen molar-refractivity contribution in [1.82, 2.24) is 15.3 Å². The standard InChI is InChI=1S/C17H21N3/c1-3-5-15-14-10-18-11-16(14)20-17(19-15)13-8-6-12(4-2)7-9-13/h6-9,18H,3-5,10-11H2,1-2H3. The molecule has 3 rings (SSSR count). The van der Waals surface area contributed by atoms with Crippen LogP contribution >= 0.6 is 0 Å². The lowest BCUT2D eigenvalue weighted by Gasteiger charge is -2.09. The SMILES string of the molecule is CCCc1nc(-c2ccc(CC)cc2)nc2c1CNC2. The molecule has 0 saturated heterocycles. The Kier molecular flexibility index (Phi) is 3.79. The normalized spacial score (nSPS) is 13.5. The molecule has 0 fully saturated rings. The van der Waals surface area contributed by atoms with Gasteiger partial charge < -0.3 is 5.32 Å². The van der Waals surface area contributed by atoms with Gasteiger partial charge in [-0.1, -0.05) is 44.5 Å². The molecule has 2 aromatic rings. The monoisotopic (exact) mass is 267 g/mol. The molecule has 0 amide bonds. The minimum Gasteiger partial charge on any atom is -0.307 e. The van der Waals surface area contributed by atoms with E-state index < -0.39 is 0 Å². The minimum absolute atomic E-state index is 0.870. The highest BCUT2D eigenvalue weighted by molar-refractivity contribution is 5.56. The molecular formula is C17H21N3. The van der Waals surface area contributed by atoms with Crippen LogP contribution in [0.1, 0.15) is 42.8 Å². The van der Waals surface area contributed by atoms with Gasteiger partial charge in [-0.25, -0.2) is 9.97 Å². The van der Waals surface area contributed by atoms with Crippen LogP contribution in [0.25, 0.3) is 11.4 Å². The van der Waals surface area contributed by atoms with Gasteiger partial charge in [0.15, 0.2) is 5.82 Å². The molecule has 1 aliphatic heterocycles. The number of nitrogens with zero attached hydrogens (tertiary/aromatic N) is 2. The second kappa shape index (κ2) is 5.71. The fraction of sp³-hybridized carbons (Fsp3) is 0.412. The number of hydrogen-bond donors (Lipinski definition) is 1. The summed E-state index contributed by atoms with van der Waals surface area (Å²) in [5.74, 6) is 0.874. The molecule has 1 N–H and O–H groups in total. The van der Waals surface area contributed by atoms with E-state index in [1.54, 1.807) is 0 Å². The molecule has 0 unspecified atom stereocenters. The average molecular weight is 267 g/mol. The Balaban J connectivity index is 2.02. The van der Waals surface area contributed by atoms with Crippen molar-refractivity contribution >= 4 is 0 Å². The van der Waals surface area contributed by atoms with Crippen LogP contribution in [0, 0.1) is 0 Å². The predicted molar refractivity (Wildman–Crippen MR) is 81.4 cm³/mol. The zero-order valence-electron chi connectivity index (χ0n) is 12.2. The van der Waals surface area contributed by atoms with Crippen LogP contribution in [0.3, 0.4) is 0 Å². The van der Waals surface area contributed by atoms with E-state index in [1.165, 1.54) is 22.5 Å². The summed E-state index contributed by atoms with van der Waals surface area (Å²) in [5.41, 5.74) is 6.19. The van der Waals surface area contributed by atoms with E-state index in [1.807, 2.05) is 0 Å². The summed E-state index contributed by atoms with van der Waals surface area (Å²) in [6, 6.07) is 8.62. The topological polar surface area (TPSA) is 37.8 Å². The van der Waals surface area contributed by atoms with Crippen molar-refractivity contribution in [2.24, 2.45) is 0 Å². The molecule has 0 radical (unpaired) electrons. The molecule has 1 aromatic heterocycles. The van der Waals surface area contributed by atoms with Gasteiger partial charge in [0.1, 0.15) is 0 Å². The van der Waals surface area contributed by atoms with E-state index in [-0.39, 0.29) is 0 Å². The zero-order valence-corrected chi connectivity index (χ0v) is 12.2. The van der Waals surface area contributed by atoms with Crippen LogP contribution in [0.2, 0.25) is 0 Å². The van der Waals surface area contributed by atoms with Crippen LogP contribution in [0.4, 0.5) is 0 Å². The number of aromatic nitrogens is 2. The lowest BCUT2D eigenvalue weighted by Crippen LogP contribution is -2.03. The van der Waals surface area contributed by atoms with E-state index >= 15 is 0 Å². The van der Waals surface area contributed by atoms with Gasteiger partial charge >= 0.3 is 0 Å². The van der Waals surface area contributed by atoms with Crippen molar-refractivity contribution in [3.63, 3.8) is 0 Å². The van der Waals surface area contributed by atoms with Gasteiger partial charge in [-0.3, -0.25) is 0 Å². The molecule has 3 nitrogen and oxygen atoms in total. The van der Waals surface area contributed by atoms with Gasteiger partial charge in [-0.2, -0.15) is 0 Å². The zero-order chi connectivity index (χ0) is 13.9. The molecule has 0 saturated carbocycles. The quantitative estimate of drug-likeness (QED) is 0.924. The summed E-state index contributed by atoms with van der Waals surface area (Å²) < 4.78 is 0. The third kappa shape index (κ3) is 2.46. The van der Waals surface area contributed by atoms with E-state index in [9.17, 15) is 0 Å². The second-order valence-corrected chi connectivity index (χ2v) is 5.32. The number of fused-ring (bicyclic) bond motifs is 1. The number of rotatable bonds is 4. The second-order valence-electron chi connectivity index (χ2n) is 5.32. The van der Waals surface area contributed by atoms with Crippen LogP contribution in [0.15, 0.2) is 24.3 Å². The molecule has 20 heavy (non-hydrogen) atoms. The average Bonchev–Trinajstić information content (AvgIpc) is 2.96. The van der Waals surface area contributed by atoms with Gasteiger partial charge in [0.25, 0.3) is 0 Å². The molecule has 0 spiro atoms. The Bertz CT molecular complexity index is 602. The van der Waals surface area contributed by atoms with Gasteiger partial charge in [0.2, 0.25) is 0 Å². The van der Waals surface area contributed by atoms with Gasteiger partial charge in [-0.15, -0.1) is 0 Å². The fourth-order valence-corrected chi connectivity index (χ4v) is 2.70. The Morgan fingerprint density at radius 1 is 1.05 bits per heavy atom. The molecule has 1 aliphatic rings. The Morgan fingerprint density at radius 2 is 1.85 bits per heavy atom. The highest BCUT2D eigenvalue weighted by atomic mass is 15.0. The summed E-state index contributed by atoms with van der Waals surface area (Å²) in [7, 11) is 0. The summed E-state index contributed by atoms with van der Waals surface area (Å²) in [5, 5.41) is 3.38. The van der Waals surface area contributed by atoms with Gasteiger partial charge in [-0.05, 0) is 18.4 Å². The first kappa shape index (κ1) is 13.3. The van der Waals surface area contributed by atoms with E-state index in [4.69, 9.17) is 9.97 Å². The van der Waals surface area contributed by atoms with Crippen molar-refractivity contribution in [2.75, 3.05) is 0 Å². The first-order valence-corrected chi connectivity index (χ1v) is 7.50. The number of nitrogens with one attached hydrogen (secondary N) is 1. The molecule has 0 atom stereocenters. The number of aryl methyl sites for hydroxylation is 2. The molecule has 1 aromatic carbocycles. The summed E-state index contributed by atoms with van der Waals surface area (Å²) in [6.45, 7) is 6.16. The Labute approximate surface area is 120 Å². The molecule has 3 heteroatoms. The summed E-state index contributed by atoms with van der Waals surface area (Å²) in [4.78, 5) is 9.56. The Morgan fingerprint density at radius 3 is 2.55 bits per heavy atom. The highest BCUT2D eigenvalue weighted by Gasteiger charge is 2.18. The fourth-order valence-electron chi connectivity index (χ4n) is 2.70. The minimum atomic E-state index is 0.870. The first-order chi connectivity index (χ1) is 9.81. The van der Waals surface area contributed by atoms with Gasteiger partial charge in [0, 0.05) is 29.9 Å². The maximum atomic E-state index is 4.81. The third-order valence-electron chi connectivity index (χ3n) is 3.88. The maximum absolute atomic E-state index is 4.81. The largest absolute Gasteiger partial charge is 0.307 e. The first-order valence-electron chi connectivity index (χ1n) is 7.50.